The van der Waals surface area contributed by atoms with Gasteiger partial charge >= 0.3 is 0 Å². The van der Waals surface area contributed by atoms with Crippen LogP contribution in [-0.2, 0) is 11.8 Å². The van der Waals surface area contributed by atoms with Gasteiger partial charge in [-0.05, 0) is 58.7 Å². The van der Waals surface area contributed by atoms with E-state index in [0.717, 1.165) is 45.2 Å². The van der Waals surface area contributed by atoms with E-state index in [1.807, 2.05) is 12.3 Å². The highest BCUT2D eigenvalue weighted by Gasteiger charge is 2.19. The number of rotatable bonds is 3. The predicted octanol–water partition coefficient (Wildman–Crippen LogP) is 8.08. The zero-order chi connectivity index (χ0) is 23.3. The number of pyridine rings is 2. The van der Waals surface area contributed by atoms with Crippen LogP contribution in [0.2, 0.25) is 0 Å². The van der Waals surface area contributed by atoms with Crippen LogP contribution < -0.4 is 0 Å². The molecule has 0 unspecified atom stereocenters. The summed E-state index contributed by atoms with van der Waals surface area (Å²) >= 11 is 0. The van der Waals surface area contributed by atoms with E-state index in [0.29, 0.717) is 0 Å². The largest absolute Gasteiger partial charge is 0.462 e. The molecule has 0 radical (unpaired) electrons. The van der Waals surface area contributed by atoms with Crippen LogP contribution in [-0.4, -0.2) is 9.97 Å². The number of hydrogen-bond donors (Lipinski definition) is 0. The Bertz CT molecular complexity index is 1670. The molecule has 0 aliphatic heterocycles. The molecule has 0 saturated heterocycles. The fourth-order valence-corrected chi connectivity index (χ4v) is 4.65. The van der Waals surface area contributed by atoms with Crippen molar-refractivity contribution < 1.29 is 4.42 Å². The lowest BCUT2D eigenvalue weighted by molar-refractivity contribution is 0.570. The normalized spacial score (nSPS) is 12.1. The van der Waals surface area contributed by atoms with Crippen molar-refractivity contribution in [3.63, 3.8) is 0 Å². The Hall–Kier alpha value is -3.98. The second-order valence-corrected chi connectivity index (χ2v) is 10.0. The lowest BCUT2D eigenvalue weighted by atomic mass is 9.90. The standard InChI is InChI=1S/C31H26N2O/c1-31(2,3)28-11-10-25-26(19-24-13-15-34-30(24)29(25)33-28)27-18-21(12-14-32-27)16-20-8-9-22-6-4-5-7-23(22)17-20/h4-15,17-19H,16H2,1-3H3. The van der Waals surface area contributed by atoms with E-state index in [1.165, 1.54) is 21.9 Å². The van der Waals surface area contributed by atoms with Gasteiger partial charge in [0.2, 0.25) is 0 Å². The lowest BCUT2D eigenvalue weighted by Crippen LogP contribution is -2.13. The van der Waals surface area contributed by atoms with Crippen molar-refractivity contribution in [2.45, 2.75) is 32.6 Å². The van der Waals surface area contributed by atoms with Gasteiger partial charge < -0.3 is 4.42 Å². The van der Waals surface area contributed by atoms with Crippen molar-refractivity contribution in [1.82, 2.24) is 9.97 Å². The zero-order valence-corrected chi connectivity index (χ0v) is 19.7. The molecule has 3 heteroatoms. The number of aromatic nitrogens is 2. The highest BCUT2D eigenvalue weighted by molar-refractivity contribution is 6.09. The Morgan fingerprint density at radius 1 is 0.765 bits per heavy atom. The molecule has 3 aromatic heterocycles. The fourth-order valence-electron chi connectivity index (χ4n) is 4.65. The van der Waals surface area contributed by atoms with Gasteiger partial charge in [-0.1, -0.05) is 69.3 Å². The van der Waals surface area contributed by atoms with Crippen LogP contribution in [0.25, 0.3) is 43.9 Å². The van der Waals surface area contributed by atoms with Crippen LogP contribution in [0.1, 0.15) is 37.6 Å². The van der Waals surface area contributed by atoms with Crippen molar-refractivity contribution in [3.8, 4) is 11.3 Å². The minimum Gasteiger partial charge on any atom is -0.462 e. The van der Waals surface area contributed by atoms with E-state index in [1.54, 1.807) is 6.26 Å². The Morgan fingerprint density at radius 2 is 1.59 bits per heavy atom. The molecule has 0 saturated carbocycles. The average molecular weight is 443 g/mol. The van der Waals surface area contributed by atoms with E-state index in [9.17, 15) is 0 Å². The molecule has 6 rings (SSSR count). The lowest BCUT2D eigenvalue weighted by Gasteiger charge is -2.18. The van der Waals surface area contributed by atoms with Crippen molar-refractivity contribution >= 4 is 32.6 Å². The van der Waals surface area contributed by atoms with Crippen LogP contribution >= 0.6 is 0 Å². The first-order chi connectivity index (χ1) is 16.5. The summed E-state index contributed by atoms with van der Waals surface area (Å²) in [6, 6.07) is 28.0. The summed E-state index contributed by atoms with van der Waals surface area (Å²) in [5, 5.41) is 4.64. The van der Waals surface area contributed by atoms with Gasteiger partial charge in [-0.15, -0.1) is 0 Å². The summed E-state index contributed by atoms with van der Waals surface area (Å²) in [5.41, 5.74) is 7.30. The summed E-state index contributed by atoms with van der Waals surface area (Å²) in [4.78, 5) is 9.79. The Kier molecular flexibility index (Phi) is 4.73. The Balaban J connectivity index is 1.46. The van der Waals surface area contributed by atoms with E-state index in [2.05, 4.69) is 93.6 Å². The van der Waals surface area contributed by atoms with E-state index in [4.69, 9.17) is 14.4 Å². The number of nitrogens with zero attached hydrogens (tertiary/aromatic N) is 2. The molecule has 0 atom stereocenters. The van der Waals surface area contributed by atoms with Gasteiger partial charge in [-0.25, -0.2) is 4.98 Å². The van der Waals surface area contributed by atoms with Crippen LogP contribution in [0.15, 0.2) is 95.7 Å². The molecule has 0 aliphatic carbocycles. The van der Waals surface area contributed by atoms with Gasteiger partial charge in [0, 0.05) is 33.6 Å². The molecule has 0 N–H and O–H groups in total. The Morgan fingerprint density at radius 3 is 2.44 bits per heavy atom. The fraction of sp³-hybridized carbons (Fsp3) is 0.161. The zero-order valence-electron chi connectivity index (χ0n) is 19.7. The van der Waals surface area contributed by atoms with Crippen LogP contribution in [0, 0.1) is 0 Å². The molecule has 3 heterocycles. The van der Waals surface area contributed by atoms with Gasteiger partial charge in [0.25, 0.3) is 0 Å². The van der Waals surface area contributed by atoms with Crippen LogP contribution in [0.5, 0.6) is 0 Å². The summed E-state index contributed by atoms with van der Waals surface area (Å²) in [6.07, 6.45) is 4.51. The summed E-state index contributed by atoms with van der Waals surface area (Å²) < 4.78 is 5.84. The van der Waals surface area contributed by atoms with Crippen molar-refractivity contribution in [2.75, 3.05) is 0 Å². The third kappa shape index (κ3) is 3.63. The minimum absolute atomic E-state index is 0.0405. The molecule has 6 aromatic rings. The summed E-state index contributed by atoms with van der Waals surface area (Å²) in [5.74, 6) is 0. The highest BCUT2D eigenvalue weighted by Crippen LogP contribution is 2.35. The third-order valence-corrected chi connectivity index (χ3v) is 6.49. The number of furan rings is 1. The summed E-state index contributed by atoms with van der Waals surface area (Å²) in [7, 11) is 0. The van der Waals surface area contributed by atoms with Crippen molar-refractivity contribution in [1.29, 1.82) is 0 Å². The van der Waals surface area contributed by atoms with Gasteiger partial charge in [0.1, 0.15) is 5.52 Å². The first-order valence-electron chi connectivity index (χ1n) is 11.7. The molecular weight excluding hydrogens is 416 g/mol. The third-order valence-electron chi connectivity index (χ3n) is 6.49. The maximum absolute atomic E-state index is 5.84. The molecule has 0 spiro atoms. The first kappa shape index (κ1) is 20.6. The molecule has 3 nitrogen and oxygen atoms in total. The maximum atomic E-state index is 5.84. The highest BCUT2D eigenvalue weighted by atomic mass is 16.3. The van der Waals surface area contributed by atoms with E-state index in [-0.39, 0.29) is 5.41 Å². The molecular formula is C31H26N2O. The molecule has 0 aliphatic rings. The predicted molar refractivity (Wildman–Crippen MR) is 140 cm³/mol. The van der Waals surface area contributed by atoms with Crippen molar-refractivity contribution in [2.24, 2.45) is 0 Å². The minimum atomic E-state index is -0.0405. The monoisotopic (exact) mass is 442 g/mol. The van der Waals surface area contributed by atoms with Crippen molar-refractivity contribution in [3.05, 3.63) is 108 Å². The smallest absolute Gasteiger partial charge is 0.160 e. The number of fused-ring (bicyclic) bond motifs is 4. The van der Waals surface area contributed by atoms with Gasteiger partial charge in [-0.3, -0.25) is 4.98 Å². The second-order valence-electron chi connectivity index (χ2n) is 10.0. The molecule has 0 bridgehead atoms. The van der Waals surface area contributed by atoms with E-state index >= 15 is 0 Å². The molecule has 34 heavy (non-hydrogen) atoms. The van der Waals surface area contributed by atoms with Gasteiger partial charge in [0.15, 0.2) is 5.58 Å². The van der Waals surface area contributed by atoms with Gasteiger partial charge in [0.05, 0.1) is 12.0 Å². The molecule has 3 aromatic carbocycles. The second kappa shape index (κ2) is 7.81. The summed E-state index contributed by atoms with van der Waals surface area (Å²) in [6.45, 7) is 6.55. The van der Waals surface area contributed by atoms with Crippen LogP contribution in [0.3, 0.4) is 0 Å². The number of hydrogen-bond acceptors (Lipinski definition) is 3. The van der Waals surface area contributed by atoms with E-state index < -0.39 is 0 Å². The molecule has 0 fully saturated rings. The average Bonchev–Trinajstić information content (AvgIpc) is 3.32. The first-order valence-corrected chi connectivity index (χ1v) is 11.7. The maximum Gasteiger partial charge on any atom is 0.160 e. The Labute approximate surface area is 199 Å². The molecule has 166 valence electrons. The molecule has 0 amide bonds. The SMILES string of the molecule is CC(C)(C)c1ccc2c(-c3cc(Cc4ccc5ccccc5c4)ccn3)cc3ccoc3c2n1. The quantitative estimate of drug-likeness (QED) is 0.278. The van der Waals surface area contributed by atoms with Crippen LogP contribution in [0.4, 0.5) is 0 Å². The topological polar surface area (TPSA) is 38.9 Å². The van der Waals surface area contributed by atoms with Gasteiger partial charge in [-0.2, -0.15) is 0 Å². The number of benzene rings is 3.